The summed E-state index contributed by atoms with van der Waals surface area (Å²) in [6.07, 6.45) is 2.49. The molecule has 1 aliphatic rings. The van der Waals surface area contributed by atoms with Crippen molar-refractivity contribution in [3.05, 3.63) is 23.5 Å². The highest BCUT2D eigenvalue weighted by molar-refractivity contribution is 5.29. The molecule has 2 heterocycles. The number of aromatic nitrogens is 1. The smallest absolute Gasteiger partial charge is 0.278 e. The third-order valence-corrected chi connectivity index (χ3v) is 1.84. The van der Waals surface area contributed by atoms with Crippen molar-refractivity contribution in [2.24, 2.45) is 0 Å². The Morgan fingerprint density at radius 1 is 1.64 bits per heavy atom. The quantitative estimate of drug-likeness (QED) is 0.432. The van der Waals surface area contributed by atoms with Crippen molar-refractivity contribution in [3.8, 4) is 5.75 Å². The summed E-state index contributed by atoms with van der Waals surface area (Å²) in [4.78, 5) is 0. The number of ether oxygens (including phenoxy) is 1. The Hall–Kier alpha value is -1.25. The molecule has 2 rings (SSSR count). The van der Waals surface area contributed by atoms with Crippen LogP contribution in [0.2, 0.25) is 0 Å². The number of aryl methyl sites for hydroxylation is 1. The van der Waals surface area contributed by atoms with Gasteiger partial charge in [0, 0.05) is 10.3 Å². The summed E-state index contributed by atoms with van der Waals surface area (Å²) < 4.78 is 6.43. The number of rotatable bonds is 0. The number of nitrogens with zero attached hydrogens (tertiary/aromatic N) is 1. The predicted octanol–water partition coefficient (Wildman–Crippen LogP) is 0.455. The summed E-state index contributed by atoms with van der Waals surface area (Å²) in [5, 5.41) is 9.35. The molecule has 0 saturated carbocycles. The van der Waals surface area contributed by atoms with E-state index in [9.17, 15) is 5.21 Å². The summed E-state index contributed by atoms with van der Waals surface area (Å²) in [7, 11) is 0. The van der Waals surface area contributed by atoms with Crippen LogP contribution in [0.3, 0.4) is 0 Å². The number of hydrogen-bond acceptors (Lipinski definition) is 2. The number of hydrogen-bond donors (Lipinski definition) is 1. The fraction of sp³-hybridized carbons (Fsp3) is 0.375. The van der Waals surface area contributed by atoms with Crippen LogP contribution in [0.5, 0.6) is 5.75 Å². The van der Waals surface area contributed by atoms with E-state index in [1.165, 1.54) is 0 Å². The Labute approximate surface area is 64.8 Å². The van der Waals surface area contributed by atoms with Crippen LogP contribution in [-0.2, 0) is 6.42 Å². The molecule has 0 unspecified atom stereocenters. The zero-order valence-corrected chi connectivity index (χ0v) is 6.37. The molecule has 1 aliphatic heterocycles. The van der Waals surface area contributed by atoms with Crippen LogP contribution in [0, 0.1) is 6.92 Å². The Bertz CT molecular complexity index is 296. The molecule has 1 aromatic rings. The molecule has 0 saturated heterocycles. The molecule has 0 atom stereocenters. The average molecular weight is 152 g/mol. The summed E-state index contributed by atoms with van der Waals surface area (Å²) in [5.74, 6) is 0.813. The third-order valence-electron chi connectivity index (χ3n) is 1.84. The summed E-state index contributed by atoms with van der Waals surface area (Å²) in [6, 6.07) is 1.94. The minimum Gasteiger partial charge on any atom is -0.486 e. The van der Waals surface area contributed by atoms with Crippen molar-refractivity contribution in [2.75, 3.05) is 6.61 Å². The van der Waals surface area contributed by atoms with E-state index in [0.717, 1.165) is 28.2 Å². The molecule has 3 nitrogen and oxygen atoms in total. The van der Waals surface area contributed by atoms with Crippen LogP contribution in [0.4, 0.5) is 0 Å². The van der Waals surface area contributed by atoms with Gasteiger partial charge in [0.2, 0.25) is 6.20 Å². The van der Waals surface area contributed by atoms with Crippen molar-refractivity contribution in [3.63, 3.8) is 0 Å². The third kappa shape index (κ3) is 0.926. The normalized spacial score (nSPS) is 14.3. The monoisotopic (exact) mass is 152 g/mol. The van der Waals surface area contributed by atoms with E-state index in [1.807, 2.05) is 13.0 Å². The van der Waals surface area contributed by atoms with Crippen LogP contribution in [0.15, 0.2) is 12.3 Å². The maximum atomic E-state index is 9.35. The zero-order valence-electron chi connectivity index (χ0n) is 6.37. The van der Waals surface area contributed by atoms with Gasteiger partial charge in [-0.05, 0) is 13.0 Å². The fourth-order valence-electron chi connectivity index (χ4n) is 1.33. The molecule has 1 N–H and O–H groups in total. The molecule has 1 aromatic heterocycles. The van der Waals surface area contributed by atoms with Crippen molar-refractivity contribution < 1.29 is 14.7 Å². The first kappa shape index (κ1) is 6.46. The summed E-state index contributed by atoms with van der Waals surface area (Å²) in [6.45, 7) is 2.61. The Kier molecular flexibility index (Phi) is 1.24. The molecule has 58 valence electrons. The lowest BCUT2D eigenvalue weighted by molar-refractivity contribution is -0.909. The molecule has 0 aromatic carbocycles. The second kappa shape index (κ2) is 2.12. The Balaban J connectivity index is 2.60. The van der Waals surface area contributed by atoms with E-state index in [2.05, 4.69) is 0 Å². The van der Waals surface area contributed by atoms with E-state index < -0.39 is 0 Å². The topological polar surface area (TPSA) is 33.3 Å². The lowest BCUT2D eigenvalue weighted by atomic mass is 10.2. The maximum absolute atomic E-state index is 9.35. The lowest BCUT2D eigenvalue weighted by Gasteiger charge is -1.95. The lowest BCUT2D eigenvalue weighted by Crippen LogP contribution is -2.34. The molecule has 0 amide bonds. The molecule has 3 heteroatoms. The van der Waals surface area contributed by atoms with Gasteiger partial charge in [0.05, 0.1) is 13.0 Å². The molecular formula is C8H10NO2+. The van der Waals surface area contributed by atoms with Gasteiger partial charge in [-0.1, -0.05) is 0 Å². The number of pyridine rings is 1. The molecular weight excluding hydrogens is 142 g/mol. The fourth-order valence-corrected chi connectivity index (χ4v) is 1.33. The van der Waals surface area contributed by atoms with Crippen molar-refractivity contribution >= 4 is 0 Å². The first-order valence-electron chi connectivity index (χ1n) is 3.64. The van der Waals surface area contributed by atoms with Gasteiger partial charge in [-0.25, -0.2) is 0 Å². The first-order valence-corrected chi connectivity index (χ1v) is 3.64. The van der Waals surface area contributed by atoms with Crippen LogP contribution < -0.4 is 9.47 Å². The highest BCUT2D eigenvalue weighted by Gasteiger charge is 2.24. The largest absolute Gasteiger partial charge is 0.486 e. The first-order chi connectivity index (χ1) is 5.27. The SMILES string of the molecule is Cc1cc2c([n+](O)c1)CCO2. The second-order valence-corrected chi connectivity index (χ2v) is 2.77. The predicted molar refractivity (Wildman–Crippen MR) is 37.8 cm³/mol. The van der Waals surface area contributed by atoms with Crippen molar-refractivity contribution in [1.82, 2.24) is 0 Å². The molecule has 0 aliphatic carbocycles. The van der Waals surface area contributed by atoms with Crippen LogP contribution in [-0.4, -0.2) is 11.8 Å². The Morgan fingerprint density at radius 2 is 2.45 bits per heavy atom. The van der Waals surface area contributed by atoms with E-state index in [0.29, 0.717) is 6.61 Å². The zero-order chi connectivity index (χ0) is 7.84. The highest BCUT2D eigenvalue weighted by Crippen LogP contribution is 2.21. The van der Waals surface area contributed by atoms with E-state index in [-0.39, 0.29) is 0 Å². The number of fused-ring (bicyclic) bond motifs is 1. The Morgan fingerprint density at radius 3 is 3.27 bits per heavy atom. The van der Waals surface area contributed by atoms with Crippen LogP contribution in [0.25, 0.3) is 0 Å². The van der Waals surface area contributed by atoms with Gasteiger partial charge in [-0.2, -0.15) is 0 Å². The summed E-state index contributed by atoms with van der Waals surface area (Å²) >= 11 is 0. The molecule has 0 bridgehead atoms. The van der Waals surface area contributed by atoms with Crippen LogP contribution in [0.1, 0.15) is 11.3 Å². The van der Waals surface area contributed by atoms with Gasteiger partial charge in [-0.3, -0.25) is 5.21 Å². The van der Waals surface area contributed by atoms with Gasteiger partial charge in [0.15, 0.2) is 5.75 Å². The van der Waals surface area contributed by atoms with E-state index >= 15 is 0 Å². The van der Waals surface area contributed by atoms with Gasteiger partial charge < -0.3 is 4.74 Å². The van der Waals surface area contributed by atoms with Crippen LogP contribution >= 0.6 is 0 Å². The molecule has 11 heavy (non-hydrogen) atoms. The minimum atomic E-state index is 0.680. The van der Waals surface area contributed by atoms with Gasteiger partial charge in [0.1, 0.15) is 0 Å². The van der Waals surface area contributed by atoms with Crippen molar-refractivity contribution in [1.29, 1.82) is 0 Å². The molecule has 0 radical (unpaired) electrons. The highest BCUT2D eigenvalue weighted by atomic mass is 16.5. The van der Waals surface area contributed by atoms with Gasteiger partial charge >= 0.3 is 0 Å². The molecule has 0 fully saturated rings. The van der Waals surface area contributed by atoms with Gasteiger partial charge in [0.25, 0.3) is 5.69 Å². The summed E-state index contributed by atoms with van der Waals surface area (Å²) in [5.41, 5.74) is 1.88. The van der Waals surface area contributed by atoms with E-state index in [4.69, 9.17) is 4.74 Å². The standard InChI is InChI=1S/C8H10NO2/c1-6-4-8-7(2-3-11-8)9(10)5-6/h4-5,10H,2-3H2,1H3/q+1. The van der Waals surface area contributed by atoms with E-state index in [1.54, 1.807) is 6.20 Å². The average Bonchev–Trinajstić information content (AvgIpc) is 2.34. The molecule has 0 spiro atoms. The maximum Gasteiger partial charge on any atom is 0.278 e. The van der Waals surface area contributed by atoms with Gasteiger partial charge in [-0.15, -0.1) is 0 Å². The minimum absolute atomic E-state index is 0.680. The van der Waals surface area contributed by atoms with Crippen molar-refractivity contribution in [2.45, 2.75) is 13.3 Å². The second-order valence-electron chi connectivity index (χ2n) is 2.77.